The van der Waals surface area contributed by atoms with Crippen LogP contribution in [0.25, 0.3) is 0 Å². The molecule has 0 spiro atoms. The first-order valence-corrected chi connectivity index (χ1v) is 8.55. The summed E-state index contributed by atoms with van der Waals surface area (Å²) in [6.07, 6.45) is 0.954. The van der Waals surface area contributed by atoms with Crippen LogP contribution in [0, 0.1) is 0 Å². The fraction of sp³-hybridized carbons (Fsp3) is 0.350. The summed E-state index contributed by atoms with van der Waals surface area (Å²) in [4.78, 5) is 12.7. The lowest BCUT2D eigenvalue weighted by molar-refractivity contribution is 0.102. The van der Waals surface area contributed by atoms with Crippen LogP contribution >= 0.6 is 0 Å². The molecule has 1 N–H and O–H groups in total. The van der Waals surface area contributed by atoms with Gasteiger partial charge in [-0.2, -0.15) is 0 Å². The van der Waals surface area contributed by atoms with Crippen molar-refractivity contribution in [3.63, 3.8) is 0 Å². The van der Waals surface area contributed by atoms with Gasteiger partial charge in [0.1, 0.15) is 17.6 Å². The fourth-order valence-electron chi connectivity index (χ4n) is 2.98. The van der Waals surface area contributed by atoms with Crippen LogP contribution in [0.15, 0.2) is 30.3 Å². The van der Waals surface area contributed by atoms with Crippen molar-refractivity contribution < 1.29 is 23.7 Å². The highest BCUT2D eigenvalue weighted by Crippen LogP contribution is 2.38. The van der Waals surface area contributed by atoms with Crippen molar-refractivity contribution in [2.75, 3.05) is 26.1 Å². The van der Waals surface area contributed by atoms with Gasteiger partial charge in [0.2, 0.25) is 0 Å². The number of ether oxygens (including phenoxy) is 4. The van der Waals surface area contributed by atoms with Crippen molar-refractivity contribution in [2.24, 2.45) is 0 Å². The quantitative estimate of drug-likeness (QED) is 0.854. The van der Waals surface area contributed by atoms with Crippen LogP contribution in [0.2, 0.25) is 0 Å². The van der Waals surface area contributed by atoms with E-state index in [0.29, 0.717) is 35.1 Å². The maximum absolute atomic E-state index is 12.7. The van der Waals surface area contributed by atoms with E-state index in [4.69, 9.17) is 18.9 Å². The molecule has 2 aromatic carbocycles. The fourth-order valence-corrected chi connectivity index (χ4v) is 2.98. The smallest absolute Gasteiger partial charge is 0.255 e. The van der Waals surface area contributed by atoms with E-state index in [1.54, 1.807) is 25.3 Å². The van der Waals surface area contributed by atoms with Crippen molar-refractivity contribution in [3.8, 4) is 23.0 Å². The molecule has 3 rings (SSSR count). The Morgan fingerprint density at radius 3 is 2.62 bits per heavy atom. The van der Waals surface area contributed by atoms with E-state index in [-0.39, 0.29) is 12.0 Å². The van der Waals surface area contributed by atoms with Crippen molar-refractivity contribution >= 4 is 11.6 Å². The first-order chi connectivity index (χ1) is 12.5. The number of carbonyl (C=O) groups excluding carboxylic acids is 1. The van der Waals surface area contributed by atoms with Crippen LogP contribution < -0.4 is 24.3 Å². The standard InChI is InChI=1S/C20H23NO5/c1-5-25-18-10-14-8-12(2)26-17(14)11-15(18)21-20(22)13-6-7-16(23-3)19(9-13)24-4/h6-7,9-12H,5,8H2,1-4H3,(H,21,22). The molecule has 0 saturated heterocycles. The topological polar surface area (TPSA) is 66.0 Å². The lowest BCUT2D eigenvalue weighted by Crippen LogP contribution is -2.13. The number of fused-ring (bicyclic) bond motifs is 1. The molecule has 0 fully saturated rings. The number of anilines is 1. The minimum atomic E-state index is -0.266. The lowest BCUT2D eigenvalue weighted by Gasteiger charge is -2.14. The molecular formula is C20H23NO5. The van der Waals surface area contributed by atoms with Crippen LogP contribution in [-0.2, 0) is 6.42 Å². The maximum atomic E-state index is 12.7. The summed E-state index contributed by atoms with van der Waals surface area (Å²) in [5, 5.41) is 2.90. The van der Waals surface area contributed by atoms with Gasteiger partial charge in [-0.3, -0.25) is 4.79 Å². The highest BCUT2D eigenvalue weighted by molar-refractivity contribution is 6.05. The molecular weight excluding hydrogens is 334 g/mol. The summed E-state index contributed by atoms with van der Waals surface area (Å²) < 4.78 is 22.0. The molecule has 1 aliphatic heterocycles. The molecule has 1 amide bonds. The number of amides is 1. The number of carbonyl (C=O) groups is 1. The van der Waals surface area contributed by atoms with E-state index in [9.17, 15) is 4.79 Å². The summed E-state index contributed by atoms with van der Waals surface area (Å²) >= 11 is 0. The number of nitrogens with one attached hydrogen (secondary N) is 1. The van der Waals surface area contributed by atoms with Gasteiger partial charge in [-0.15, -0.1) is 0 Å². The third-order valence-corrected chi connectivity index (χ3v) is 4.19. The van der Waals surface area contributed by atoms with Crippen LogP contribution in [0.4, 0.5) is 5.69 Å². The van der Waals surface area contributed by atoms with Crippen LogP contribution in [-0.4, -0.2) is 32.8 Å². The predicted molar refractivity (Wildman–Crippen MR) is 98.9 cm³/mol. The van der Waals surface area contributed by atoms with Gasteiger partial charge in [0, 0.05) is 23.6 Å². The highest BCUT2D eigenvalue weighted by Gasteiger charge is 2.23. The third-order valence-electron chi connectivity index (χ3n) is 4.19. The zero-order valence-corrected chi connectivity index (χ0v) is 15.4. The zero-order chi connectivity index (χ0) is 18.7. The minimum Gasteiger partial charge on any atom is -0.493 e. The first-order valence-electron chi connectivity index (χ1n) is 8.55. The molecule has 6 heteroatoms. The average molecular weight is 357 g/mol. The van der Waals surface area contributed by atoms with Crippen molar-refractivity contribution in [2.45, 2.75) is 26.4 Å². The second kappa shape index (κ2) is 7.56. The van der Waals surface area contributed by atoms with Crippen LogP contribution in [0.1, 0.15) is 29.8 Å². The summed E-state index contributed by atoms with van der Waals surface area (Å²) in [6.45, 7) is 4.43. The third kappa shape index (κ3) is 3.54. The maximum Gasteiger partial charge on any atom is 0.255 e. The van der Waals surface area contributed by atoms with E-state index >= 15 is 0 Å². The molecule has 1 atom stereocenters. The Morgan fingerprint density at radius 1 is 1.15 bits per heavy atom. The average Bonchev–Trinajstić information content (AvgIpc) is 3.00. The first kappa shape index (κ1) is 17.9. The monoisotopic (exact) mass is 357 g/mol. The van der Waals surface area contributed by atoms with Gasteiger partial charge in [-0.25, -0.2) is 0 Å². The zero-order valence-electron chi connectivity index (χ0n) is 15.4. The Kier molecular flexibility index (Phi) is 5.21. The Labute approximate surface area is 153 Å². The van der Waals surface area contributed by atoms with E-state index < -0.39 is 0 Å². The molecule has 1 unspecified atom stereocenters. The molecule has 6 nitrogen and oxygen atoms in total. The van der Waals surface area contributed by atoms with E-state index in [0.717, 1.165) is 17.7 Å². The predicted octanol–water partition coefficient (Wildman–Crippen LogP) is 3.68. The van der Waals surface area contributed by atoms with Gasteiger partial charge in [0.15, 0.2) is 11.5 Å². The molecule has 1 heterocycles. The second-order valence-electron chi connectivity index (χ2n) is 6.05. The normalized spacial score (nSPS) is 15.0. The molecule has 0 aromatic heterocycles. The lowest BCUT2D eigenvalue weighted by atomic mass is 10.1. The van der Waals surface area contributed by atoms with Gasteiger partial charge < -0.3 is 24.3 Å². The van der Waals surface area contributed by atoms with Gasteiger partial charge in [-0.1, -0.05) is 0 Å². The molecule has 1 aliphatic rings. The SMILES string of the molecule is CCOc1cc2c(cc1NC(=O)c1ccc(OC)c(OC)c1)OC(C)C2. The van der Waals surface area contributed by atoms with E-state index in [1.165, 1.54) is 7.11 Å². The minimum absolute atomic E-state index is 0.122. The molecule has 2 aromatic rings. The number of rotatable bonds is 6. The van der Waals surface area contributed by atoms with Gasteiger partial charge >= 0.3 is 0 Å². The molecule has 26 heavy (non-hydrogen) atoms. The molecule has 0 radical (unpaired) electrons. The largest absolute Gasteiger partial charge is 0.493 e. The second-order valence-corrected chi connectivity index (χ2v) is 6.05. The number of benzene rings is 2. The van der Waals surface area contributed by atoms with Crippen molar-refractivity contribution in [1.29, 1.82) is 0 Å². The summed E-state index contributed by atoms with van der Waals surface area (Å²) in [5.41, 5.74) is 2.13. The molecule has 0 aliphatic carbocycles. The Hall–Kier alpha value is -2.89. The van der Waals surface area contributed by atoms with Gasteiger partial charge in [0.25, 0.3) is 5.91 Å². The number of hydrogen-bond donors (Lipinski definition) is 1. The summed E-state index contributed by atoms with van der Waals surface area (Å²) in [7, 11) is 3.09. The van der Waals surface area contributed by atoms with E-state index in [2.05, 4.69) is 5.32 Å². The molecule has 0 saturated carbocycles. The molecule has 0 bridgehead atoms. The Balaban J connectivity index is 1.88. The summed E-state index contributed by atoms with van der Waals surface area (Å²) in [6, 6.07) is 8.78. The Morgan fingerprint density at radius 2 is 1.92 bits per heavy atom. The highest BCUT2D eigenvalue weighted by atomic mass is 16.5. The Bertz CT molecular complexity index is 818. The van der Waals surface area contributed by atoms with Gasteiger partial charge in [0.05, 0.1) is 26.5 Å². The number of hydrogen-bond acceptors (Lipinski definition) is 5. The van der Waals surface area contributed by atoms with Crippen molar-refractivity contribution in [1.82, 2.24) is 0 Å². The number of methoxy groups -OCH3 is 2. The van der Waals surface area contributed by atoms with Crippen LogP contribution in [0.5, 0.6) is 23.0 Å². The van der Waals surface area contributed by atoms with Crippen molar-refractivity contribution in [3.05, 3.63) is 41.5 Å². The summed E-state index contributed by atoms with van der Waals surface area (Å²) in [5.74, 6) is 2.22. The van der Waals surface area contributed by atoms with Crippen LogP contribution in [0.3, 0.4) is 0 Å². The van der Waals surface area contributed by atoms with E-state index in [1.807, 2.05) is 26.0 Å². The van der Waals surface area contributed by atoms with Gasteiger partial charge in [-0.05, 0) is 38.1 Å². The molecule has 138 valence electrons.